The number of hydrogen-bond acceptors (Lipinski definition) is 3. The second-order valence-electron chi connectivity index (χ2n) is 5.69. The zero-order valence-electron chi connectivity index (χ0n) is 12.9. The molecule has 0 saturated carbocycles. The SMILES string of the molecule is COc1ccc2c(c1)C(c1ccc(N(C)C)cc1)NCC2. The number of methoxy groups -OCH3 is 1. The first-order valence-electron chi connectivity index (χ1n) is 7.36. The van der Waals surface area contributed by atoms with Crippen molar-refractivity contribution in [3.8, 4) is 5.75 Å². The van der Waals surface area contributed by atoms with Crippen LogP contribution in [0.1, 0.15) is 22.7 Å². The van der Waals surface area contributed by atoms with E-state index in [4.69, 9.17) is 4.74 Å². The fourth-order valence-electron chi connectivity index (χ4n) is 2.92. The molecule has 1 aliphatic heterocycles. The summed E-state index contributed by atoms with van der Waals surface area (Å²) in [4.78, 5) is 2.12. The van der Waals surface area contributed by atoms with Crippen LogP contribution in [0.2, 0.25) is 0 Å². The molecule has 21 heavy (non-hydrogen) atoms. The Morgan fingerprint density at radius 3 is 2.52 bits per heavy atom. The molecule has 0 aromatic heterocycles. The predicted octanol–water partition coefficient (Wildman–Crippen LogP) is 3.00. The predicted molar refractivity (Wildman–Crippen MR) is 87.3 cm³/mol. The molecule has 1 N–H and O–H groups in total. The van der Waals surface area contributed by atoms with Crippen molar-refractivity contribution in [2.45, 2.75) is 12.5 Å². The topological polar surface area (TPSA) is 24.5 Å². The Balaban J connectivity index is 1.97. The highest BCUT2D eigenvalue weighted by Gasteiger charge is 2.21. The van der Waals surface area contributed by atoms with Gasteiger partial charge in [0, 0.05) is 26.3 Å². The molecule has 1 aliphatic rings. The molecule has 0 bridgehead atoms. The number of benzene rings is 2. The standard InChI is InChI=1S/C18H22N2O/c1-20(2)15-7-4-14(5-8-15)18-17-12-16(21-3)9-6-13(17)10-11-19-18/h4-9,12,18-19H,10-11H2,1-3H3. The van der Waals surface area contributed by atoms with Crippen LogP contribution in [-0.4, -0.2) is 27.7 Å². The number of nitrogens with zero attached hydrogens (tertiary/aromatic N) is 1. The summed E-state index contributed by atoms with van der Waals surface area (Å²) < 4.78 is 5.38. The summed E-state index contributed by atoms with van der Waals surface area (Å²) in [5.41, 5.74) is 5.27. The van der Waals surface area contributed by atoms with Crippen molar-refractivity contribution in [3.05, 3.63) is 59.2 Å². The van der Waals surface area contributed by atoms with E-state index in [-0.39, 0.29) is 6.04 Å². The Morgan fingerprint density at radius 1 is 1.10 bits per heavy atom. The molecule has 1 unspecified atom stereocenters. The van der Waals surface area contributed by atoms with E-state index in [2.05, 4.69) is 66.8 Å². The molecule has 110 valence electrons. The number of ether oxygens (including phenoxy) is 1. The van der Waals surface area contributed by atoms with Gasteiger partial charge in [0.2, 0.25) is 0 Å². The Morgan fingerprint density at radius 2 is 1.86 bits per heavy atom. The smallest absolute Gasteiger partial charge is 0.119 e. The van der Waals surface area contributed by atoms with Crippen LogP contribution in [-0.2, 0) is 6.42 Å². The molecule has 2 aromatic carbocycles. The summed E-state index contributed by atoms with van der Waals surface area (Å²) in [5.74, 6) is 0.923. The first kappa shape index (κ1) is 14.0. The normalized spacial score (nSPS) is 17.2. The van der Waals surface area contributed by atoms with Gasteiger partial charge in [0.25, 0.3) is 0 Å². The van der Waals surface area contributed by atoms with Crippen LogP contribution in [0.4, 0.5) is 5.69 Å². The van der Waals surface area contributed by atoms with Crippen molar-refractivity contribution in [2.75, 3.05) is 32.6 Å². The van der Waals surface area contributed by atoms with Crippen molar-refractivity contribution in [2.24, 2.45) is 0 Å². The maximum atomic E-state index is 5.38. The second kappa shape index (κ2) is 5.78. The summed E-state index contributed by atoms with van der Waals surface area (Å²) in [6.07, 6.45) is 1.08. The average molecular weight is 282 g/mol. The molecule has 1 atom stereocenters. The van der Waals surface area contributed by atoms with Gasteiger partial charge < -0.3 is 15.0 Å². The van der Waals surface area contributed by atoms with Gasteiger partial charge in [-0.25, -0.2) is 0 Å². The lowest BCUT2D eigenvalue weighted by atomic mass is 9.89. The van der Waals surface area contributed by atoms with Crippen molar-refractivity contribution < 1.29 is 4.74 Å². The van der Waals surface area contributed by atoms with Crippen molar-refractivity contribution in [3.63, 3.8) is 0 Å². The van der Waals surface area contributed by atoms with E-state index >= 15 is 0 Å². The van der Waals surface area contributed by atoms with Crippen LogP contribution in [0.5, 0.6) is 5.75 Å². The molecule has 3 rings (SSSR count). The Labute approximate surface area is 126 Å². The third kappa shape index (κ3) is 2.74. The second-order valence-corrected chi connectivity index (χ2v) is 5.69. The Bertz CT molecular complexity index is 620. The minimum atomic E-state index is 0.250. The van der Waals surface area contributed by atoms with Crippen LogP contribution in [0.3, 0.4) is 0 Å². The maximum Gasteiger partial charge on any atom is 0.119 e. The first-order valence-corrected chi connectivity index (χ1v) is 7.36. The lowest BCUT2D eigenvalue weighted by Crippen LogP contribution is -2.30. The van der Waals surface area contributed by atoms with E-state index < -0.39 is 0 Å². The molecule has 0 saturated heterocycles. The van der Waals surface area contributed by atoms with Gasteiger partial charge in [-0.3, -0.25) is 0 Å². The molecular weight excluding hydrogens is 260 g/mol. The van der Waals surface area contributed by atoms with E-state index in [0.29, 0.717) is 0 Å². The third-order valence-electron chi connectivity index (χ3n) is 4.15. The molecular formula is C18H22N2O. The van der Waals surface area contributed by atoms with E-state index in [1.165, 1.54) is 22.4 Å². The monoisotopic (exact) mass is 282 g/mol. The van der Waals surface area contributed by atoms with Crippen LogP contribution < -0.4 is 15.0 Å². The van der Waals surface area contributed by atoms with Crippen LogP contribution >= 0.6 is 0 Å². The molecule has 0 amide bonds. The van der Waals surface area contributed by atoms with Crippen LogP contribution in [0, 0.1) is 0 Å². The number of hydrogen-bond donors (Lipinski definition) is 1. The fraction of sp³-hybridized carbons (Fsp3) is 0.333. The minimum absolute atomic E-state index is 0.250. The summed E-state index contributed by atoms with van der Waals surface area (Å²) >= 11 is 0. The molecule has 0 radical (unpaired) electrons. The molecule has 2 aromatic rings. The van der Waals surface area contributed by atoms with Crippen LogP contribution in [0.25, 0.3) is 0 Å². The highest BCUT2D eigenvalue weighted by atomic mass is 16.5. The van der Waals surface area contributed by atoms with Gasteiger partial charge >= 0.3 is 0 Å². The quantitative estimate of drug-likeness (QED) is 0.936. The summed E-state index contributed by atoms with van der Waals surface area (Å²) in [6, 6.07) is 15.4. The highest BCUT2D eigenvalue weighted by Crippen LogP contribution is 2.32. The van der Waals surface area contributed by atoms with E-state index in [9.17, 15) is 0 Å². The molecule has 0 fully saturated rings. The van der Waals surface area contributed by atoms with Crippen molar-refractivity contribution in [1.29, 1.82) is 0 Å². The van der Waals surface area contributed by atoms with Gasteiger partial charge in [0.05, 0.1) is 13.2 Å². The number of nitrogens with one attached hydrogen (secondary N) is 1. The zero-order valence-corrected chi connectivity index (χ0v) is 12.9. The summed E-state index contributed by atoms with van der Waals surface area (Å²) in [6.45, 7) is 1.01. The number of fused-ring (bicyclic) bond motifs is 1. The zero-order chi connectivity index (χ0) is 14.8. The minimum Gasteiger partial charge on any atom is -0.497 e. The average Bonchev–Trinajstić information content (AvgIpc) is 2.54. The number of rotatable bonds is 3. The molecule has 0 aliphatic carbocycles. The molecule has 1 heterocycles. The highest BCUT2D eigenvalue weighted by molar-refractivity contribution is 5.49. The third-order valence-corrected chi connectivity index (χ3v) is 4.15. The number of anilines is 1. The summed E-state index contributed by atoms with van der Waals surface area (Å²) in [5, 5.41) is 3.62. The Kier molecular flexibility index (Phi) is 3.84. The van der Waals surface area contributed by atoms with Gasteiger partial charge in [-0.2, -0.15) is 0 Å². The summed E-state index contributed by atoms with van der Waals surface area (Å²) in [7, 11) is 5.85. The van der Waals surface area contributed by atoms with E-state index in [1.807, 2.05) is 0 Å². The van der Waals surface area contributed by atoms with Gasteiger partial charge in [-0.15, -0.1) is 0 Å². The van der Waals surface area contributed by atoms with E-state index in [0.717, 1.165) is 18.7 Å². The van der Waals surface area contributed by atoms with Crippen molar-refractivity contribution >= 4 is 5.69 Å². The molecule has 0 spiro atoms. The molecule has 3 heteroatoms. The fourth-order valence-corrected chi connectivity index (χ4v) is 2.92. The van der Waals surface area contributed by atoms with Gasteiger partial charge in [0.15, 0.2) is 0 Å². The van der Waals surface area contributed by atoms with Gasteiger partial charge in [-0.1, -0.05) is 18.2 Å². The lowest BCUT2D eigenvalue weighted by molar-refractivity contribution is 0.412. The van der Waals surface area contributed by atoms with E-state index in [1.54, 1.807) is 7.11 Å². The molecule has 3 nitrogen and oxygen atoms in total. The van der Waals surface area contributed by atoms with Crippen molar-refractivity contribution in [1.82, 2.24) is 5.32 Å². The van der Waals surface area contributed by atoms with Crippen LogP contribution in [0.15, 0.2) is 42.5 Å². The Hall–Kier alpha value is -2.00. The first-order chi connectivity index (χ1) is 10.2. The van der Waals surface area contributed by atoms with Gasteiger partial charge in [0.1, 0.15) is 5.75 Å². The lowest BCUT2D eigenvalue weighted by Gasteiger charge is -2.28. The maximum absolute atomic E-state index is 5.38. The largest absolute Gasteiger partial charge is 0.497 e. The van der Waals surface area contributed by atoms with Gasteiger partial charge in [-0.05, 0) is 47.4 Å².